The van der Waals surface area contributed by atoms with Gasteiger partial charge in [-0.2, -0.15) is 0 Å². The van der Waals surface area contributed by atoms with E-state index < -0.39 is 0 Å². The number of rotatable bonds is 3. The molecule has 0 heterocycles. The van der Waals surface area contributed by atoms with E-state index in [1.807, 2.05) is 0 Å². The molecule has 1 aromatic rings. The second-order valence-electron chi connectivity index (χ2n) is 7.91. The number of carbonyl (C=O) groups is 1. The van der Waals surface area contributed by atoms with Crippen molar-refractivity contribution in [3.05, 3.63) is 42.0 Å². The molecule has 4 atom stereocenters. The van der Waals surface area contributed by atoms with E-state index in [0.717, 1.165) is 31.4 Å². The summed E-state index contributed by atoms with van der Waals surface area (Å²) in [5.41, 5.74) is 2.85. The van der Waals surface area contributed by atoms with E-state index in [4.69, 9.17) is 4.74 Å². The molecule has 4 unspecified atom stereocenters. The normalized spacial score (nSPS) is 35.0. The van der Waals surface area contributed by atoms with Gasteiger partial charge in [0.15, 0.2) is 5.78 Å². The van der Waals surface area contributed by atoms with Gasteiger partial charge < -0.3 is 9.94 Å². The molecule has 4 heteroatoms. The highest BCUT2D eigenvalue weighted by atomic mass is 16.5. The van der Waals surface area contributed by atoms with Crippen LogP contribution in [0, 0.1) is 17.3 Å². The number of ether oxygens (including phenoxy) is 1. The van der Waals surface area contributed by atoms with E-state index >= 15 is 0 Å². The molecular weight excluding hydrogens is 314 g/mol. The van der Waals surface area contributed by atoms with Gasteiger partial charge in [-0.05, 0) is 66.7 Å². The Bertz CT molecular complexity index is 754. The standard InChI is InChI=1S/C21H25NO3/c1-3-10-25-14-5-7-15-13(11-14)4-6-17-16(15)8-9-21(2)18(17)12-19(22-24)20(21)23/h3,5,7,11,16-18,24H,1,4,6,8-10,12H2,2H3/b22-19+. The van der Waals surface area contributed by atoms with Gasteiger partial charge in [-0.1, -0.05) is 30.8 Å². The lowest BCUT2D eigenvalue weighted by Gasteiger charge is -2.47. The quantitative estimate of drug-likeness (QED) is 0.512. The molecule has 0 aliphatic heterocycles. The van der Waals surface area contributed by atoms with Gasteiger partial charge in [0.05, 0.1) is 0 Å². The maximum atomic E-state index is 12.6. The van der Waals surface area contributed by atoms with Crippen LogP contribution in [0.15, 0.2) is 36.0 Å². The second kappa shape index (κ2) is 6.01. The minimum Gasteiger partial charge on any atom is -0.490 e. The molecule has 3 aliphatic carbocycles. The highest BCUT2D eigenvalue weighted by Crippen LogP contribution is 2.59. The predicted octanol–water partition coefficient (Wildman–Crippen LogP) is 4.12. The minimum atomic E-state index is -0.340. The number of nitrogens with zero attached hydrogens (tertiary/aromatic N) is 1. The van der Waals surface area contributed by atoms with Crippen LogP contribution in [0.1, 0.15) is 49.7 Å². The van der Waals surface area contributed by atoms with Gasteiger partial charge in [0.2, 0.25) is 0 Å². The number of aryl methyl sites for hydroxylation is 1. The molecule has 0 aromatic heterocycles. The van der Waals surface area contributed by atoms with Crippen LogP contribution in [0.25, 0.3) is 0 Å². The zero-order valence-corrected chi connectivity index (χ0v) is 14.7. The van der Waals surface area contributed by atoms with E-state index in [2.05, 4.69) is 36.9 Å². The van der Waals surface area contributed by atoms with Crippen molar-refractivity contribution >= 4 is 11.5 Å². The second-order valence-corrected chi connectivity index (χ2v) is 7.91. The van der Waals surface area contributed by atoms with Gasteiger partial charge in [0, 0.05) is 11.8 Å². The zero-order chi connectivity index (χ0) is 17.6. The molecule has 2 fully saturated rings. The van der Waals surface area contributed by atoms with E-state index in [1.54, 1.807) is 6.08 Å². The third-order valence-electron chi connectivity index (χ3n) is 6.77. The topological polar surface area (TPSA) is 58.9 Å². The lowest BCUT2D eigenvalue weighted by molar-refractivity contribution is -0.125. The average molecular weight is 339 g/mol. The molecular formula is C21H25NO3. The third kappa shape index (κ3) is 2.42. The maximum absolute atomic E-state index is 12.6. The monoisotopic (exact) mass is 339 g/mol. The Kier molecular flexibility index (Phi) is 3.94. The van der Waals surface area contributed by atoms with Crippen LogP contribution in [0.2, 0.25) is 0 Å². The first-order valence-corrected chi connectivity index (χ1v) is 9.20. The summed E-state index contributed by atoms with van der Waals surface area (Å²) in [7, 11) is 0. The molecule has 1 N–H and O–H groups in total. The zero-order valence-electron chi connectivity index (χ0n) is 14.7. The summed E-state index contributed by atoms with van der Waals surface area (Å²) in [6, 6.07) is 6.44. The van der Waals surface area contributed by atoms with Gasteiger partial charge in [-0.15, -0.1) is 0 Å². The molecule has 0 amide bonds. The Labute approximate surface area is 148 Å². The molecule has 0 radical (unpaired) electrons. The van der Waals surface area contributed by atoms with E-state index in [-0.39, 0.29) is 11.2 Å². The van der Waals surface area contributed by atoms with Crippen LogP contribution in [-0.4, -0.2) is 23.3 Å². The van der Waals surface area contributed by atoms with Gasteiger partial charge in [0.1, 0.15) is 18.1 Å². The van der Waals surface area contributed by atoms with Crippen molar-refractivity contribution in [3.8, 4) is 5.75 Å². The molecule has 132 valence electrons. The summed E-state index contributed by atoms with van der Waals surface area (Å²) in [6.45, 7) is 6.30. The molecule has 25 heavy (non-hydrogen) atoms. The lowest BCUT2D eigenvalue weighted by atomic mass is 9.55. The van der Waals surface area contributed by atoms with E-state index in [1.165, 1.54) is 11.1 Å². The van der Waals surface area contributed by atoms with Crippen molar-refractivity contribution in [1.29, 1.82) is 0 Å². The van der Waals surface area contributed by atoms with Crippen LogP contribution in [0.5, 0.6) is 5.75 Å². The van der Waals surface area contributed by atoms with Crippen molar-refractivity contribution in [2.45, 2.75) is 44.9 Å². The van der Waals surface area contributed by atoms with Gasteiger partial charge in [-0.3, -0.25) is 4.79 Å². The van der Waals surface area contributed by atoms with Crippen LogP contribution in [0.3, 0.4) is 0 Å². The Morgan fingerprint density at radius 1 is 1.44 bits per heavy atom. The summed E-state index contributed by atoms with van der Waals surface area (Å²) in [5.74, 6) is 2.27. The minimum absolute atomic E-state index is 0.0671. The van der Waals surface area contributed by atoms with Crippen molar-refractivity contribution in [1.82, 2.24) is 0 Å². The first kappa shape index (κ1) is 16.4. The fourth-order valence-corrected chi connectivity index (χ4v) is 5.50. The Balaban J connectivity index is 1.64. The molecule has 4 rings (SSSR count). The highest BCUT2D eigenvalue weighted by Gasteiger charge is 2.57. The molecule has 4 nitrogen and oxygen atoms in total. The Morgan fingerprint density at radius 2 is 2.28 bits per heavy atom. The van der Waals surface area contributed by atoms with Crippen molar-refractivity contribution in [3.63, 3.8) is 0 Å². The van der Waals surface area contributed by atoms with E-state index in [0.29, 0.717) is 36.5 Å². The Morgan fingerprint density at radius 3 is 3.04 bits per heavy atom. The van der Waals surface area contributed by atoms with Crippen LogP contribution < -0.4 is 4.74 Å². The van der Waals surface area contributed by atoms with Gasteiger partial charge in [-0.25, -0.2) is 0 Å². The largest absolute Gasteiger partial charge is 0.490 e. The average Bonchev–Trinajstić information content (AvgIpc) is 2.90. The van der Waals surface area contributed by atoms with Crippen LogP contribution in [0.4, 0.5) is 0 Å². The van der Waals surface area contributed by atoms with Crippen molar-refractivity contribution < 1.29 is 14.7 Å². The third-order valence-corrected chi connectivity index (χ3v) is 6.77. The van der Waals surface area contributed by atoms with E-state index in [9.17, 15) is 10.0 Å². The summed E-state index contributed by atoms with van der Waals surface area (Å²) in [4.78, 5) is 12.6. The van der Waals surface area contributed by atoms with Gasteiger partial charge in [0.25, 0.3) is 0 Å². The smallest absolute Gasteiger partial charge is 0.186 e. The lowest BCUT2D eigenvalue weighted by Crippen LogP contribution is -2.42. The first-order valence-electron chi connectivity index (χ1n) is 9.20. The molecule has 3 aliphatic rings. The first-order chi connectivity index (χ1) is 12.1. The highest BCUT2D eigenvalue weighted by molar-refractivity contribution is 6.43. The SMILES string of the molecule is C=CCOc1ccc2c(c1)CCC1C2CCC2(C)C(=O)/C(=N/O)CC12. The summed E-state index contributed by atoms with van der Waals surface area (Å²) in [5, 5.41) is 12.5. The fraction of sp³-hybridized carbons (Fsp3) is 0.524. The number of hydrogen-bond acceptors (Lipinski definition) is 4. The number of hydrogen-bond donors (Lipinski definition) is 1. The summed E-state index contributed by atoms with van der Waals surface area (Å²) < 4.78 is 5.68. The van der Waals surface area contributed by atoms with Crippen LogP contribution in [-0.2, 0) is 11.2 Å². The number of Topliss-reactive ketones (excluding diaryl/α,β-unsaturated/α-hetero) is 1. The molecule has 2 saturated carbocycles. The Hall–Kier alpha value is -2.10. The molecule has 1 aromatic carbocycles. The number of oxime groups is 1. The molecule has 0 bridgehead atoms. The van der Waals surface area contributed by atoms with Crippen LogP contribution >= 0.6 is 0 Å². The maximum Gasteiger partial charge on any atom is 0.186 e. The molecule has 0 saturated heterocycles. The summed E-state index contributed by atoms with van der Waals surface area (Å²) in [6.07, 6.45) is 6.41. The van der Waals surface area contributed by atoms with Gasteiger partial charge >= 0.3 is 0 Å². The van der Waals surface area contributed by atoms with Crippen molar-refractivity contribution in [2.75, 3.05) is 6.61 Å². The number of benzene rings is 1. The van der Waals surface area contributed by atoms with Crippen molar-refractivity contribution in [2.24, 2.45) is 22.4 Å². The molecule has 0 spiro atoms. The number of fused-ring (bicyclic) bond motifs is 5. The summed E-state index contributed by atoms with van der Waals surface area (Å²) >= 11 is 0. The number of ketones is 1. The number of carbonyl (C=O) groups excluding carboxylic acids is 1. The predicted molar refractivity (Wildman–Crippen MR) is 96.4 cm³/mol. The fourth-order valence-electron chi connectivity index (χ4n) is 5.50.